The van der Waals surface area contributed by atoms with Gasteiger partial charge in [-0.2, -0.15) is 0 Å². The largest absolute Gasteiger partial charge is 0.391 e. The summed E-state index contributed by atoms with van der Waals surface area (Å²) in [6.07, 6.45) is 17.0. The quantitative estimate of drug-likeness (QED) is 0.108. The molecular weight excluding hydrogens is 484 g/mol. The van der Waals surface area contributed by atoms with Crippen molar-refractivity contribution in [1.82, 2.24) is 21.3 Å². The summed E-state index contributed by atoms with van der Waals surface area (Å²) >= 11 is 0. The van der Waals surface area contributed by atoms with Gasteiger partial charge < -0.3 is 26.4 Å². The van der Waals surface area contributed by atoms with E-state index in [2.05, 4.69) is 28.2 Å². The minimum Gasteiger partial charge on any atom is -0.391 e. The molecule has 0 spiro atoms. The van der Waals surface area contributed by atoms with Crippen molar-refractivity contribution in [2.24, 2.45) is 5.92 Å². The maximum absolute atomic E-state index is 13.0. The van der Waals surface area contributed by atoms with Gasteiger partial charge in [0.2, 0.25) is 23.6 Å². The van der Waals surface area contributed by atoms with Crippen LogP contribution in [0.5, 0.6) is 0 Å². The van der Waals surface area contributed by atoms with E-state index in [1.807, 2.05) is 19.9 Å². The average molecular weight is 533 g/mol. The summed E-state index contributed by atoms with van der Waals surface area (Å²) in [5.41, 5.74) is 0. The summed E-state index contributed by atoms with van der Waals surface area (Å²) < 4.78 is 0. The number of aliphatic hydroxyl groups excluding tert-OH is 1. The number of hydrogen-bond donors (Lipinski definition) is 5. The van der Waals surface area contributed by atoms with E-state index in [0.717, 1.165) is 12.8 Å². The number of carbonyl (C=O) groups excluding carboxylic acids is 4. The highest BCUT2D eigenvalue weighted by molar-refractivity contribution is 5.95. The molecule has 1 aliphatic heterocycles. The number of aliphatic hydroxyl groups is 1. The minimum atomic E-state index is -1.24. The zero-order valence-electron chi connectivity index (χ0n) is 23.5. The van der Waals surface area contributed by atoms with Crippen molar-refractivity contribution in [2.75, 3.05) is 6.54 Å². The first-order valence-electron chi connectivity index (χ1n) is 14.0. The van der Waals surface area contributed by atoms with E-state index < -0.39 is 35.9 Å². The van der Waals surface area contributed by atoms with Gasteiger partial charge in [0.15, 0.2) is 0 Å². The summed E-state index contributed by atoms with van der Waals surface area (Å²) in [6.45, 7) is 7.92. The SMILES string of the molecule is CCCCCCC/C=C/C=C/C(=O)N[C@H](C(=O)N[C@H]1/C=C/CCNC(=O)CC[C@H](C(C)C)NC1=O)[C@@H](C)O. The lowest BCUT2D eigenvalue weighted by Crippen LogP contribution is -2.57. The molecule has 0 saturated carbocycles. The lowest BCUT2D eigenvalue weighted by Gasteiger charge is -2.27. The molecule has 0 aliphatic carbocycles. The first kappa shape index (κ1) is 33.1. The normalized spacial score (nSPS) is 21.7. The Morgan fingerprint density at radius 1 is 1.13 bits per heavy atom. The molecule has 0 fully saturated rings. The third-order valence-corrected chi connectivity index (χ3v) is 6.39. The third-order valence-electron chi connectivity index (χ3n) is 6.39. The van der Waals surface area contributed by atoms with Crippen molar-refractivity contribution >= 4 is 23.6 Å². The van der Waals surface area contributed by atoms with Gasteiger partial charge in [-0.1, -0.05) is 76.8 Å². The molecule has 4 atom stereocenters. The summed E-state index contributed by atoms with van der Waals surface area (Å²) in [7, 11) is 0. The van der Waals surface area contributed by atoms with Gasteiger partial charge >= 0.3 is 0 Å². The molecule has 38 heavy (non-hydrogen) atoms. The van der Waals surface area contributed by atoms with Crippen molar-refractivity contribution in [3.63, 3.8) is 0 Å². The molecule has 0 bridgehead atoms. The van der Waals surface area contributed by atoms with Crippen LogP contribution in [0.15, 0.2) is 36.5 Å². The number of unbranched alkanes of at least 4 members (excludes halogenated alkanes) is 5. The molecule has 1 heterocycles. The molecule has 1 rings (SSSR count). The van der Waals surface area contributed by atoms with Crippen LogP contribution < -0.4 is 21.3 Å². The van der Waals surface area contributed by atoms with Gasteiger partial charge in [0, 0.05) is 25.1 Å². The molecule has 0 saturated heterocycles. The predicted molar refractivity (Wildman–Crippen MR) is 150 cm³/mol. The number of nitrogens with one attached hydrogen (secondary N) is 4. The molecule has 9 nitrogen and oxygen atoms in total. The van der Waals surface area contributed by atoms with Gasteiger partial charge in [-0.05, 0) is 38.5 Å². The number of allylic oxidation sites excluding steroid dienone is 3. The van der Waals surface area contributed by atoms with E-state index in [0.29, 0.717) is 25.8 Å². The van der Waals surface area contributed by atoms with Crippen molar-refractivity contribution < 1.29 is 24.3 Å². The van der Waals surface area contributed by atoms with E-state index >= 15 is 0 Å². The Bertz CT molecular complexity index is 835. The average Bonchev–Trinajstić information content (AvgIpc) is 2.86. The van der Waals surface area contributed by atoms with E-state index in [-0.39, 0.29) is 17.9 Å². The highest BCUT2D eigenvalue weighted by Crippen LogP contribution is 2.10. The molecule has 0 aromatic carbocycles. The monoisotopic (exact) mass is 532 g/mol. The summed E-state index contributed by atoms with van der Waals surface area (Å²) in [5, 5.41) is 21.1. The van der Waals surface area contributed by atoms with Gasteiger partial charge in [-0.3, -0.25) is 19.2 Å². The van der Waals surface area contributed by atoms with Gasteiger partial charge in [0.05, 0.1) is 6.10 Å². The second kappa shape index (κ2) is 19.2. The lowest BCUT2D eigenvalue weighted by atomic mass is 9.98. The molecular formula is C29H48N4O5. The first-order chi connectivity index (χ1) is 18.1. The van der Waals surface area contributed by atoms with E-state index in [4.69, 9.17) is 0 Å². The number of hydrogen-bond acceptors (Lipinski definition) is 5. The second-order valence-corrected chi connectivity index (χ2v) is 10.2. The number of carbonyl (C=O) groups is 4. The fourth-order valence-electron chi connectivity index (χ4n) is 3.98. The van der Waals surface area contributed by atoms with Crippen LogP contribution in [0, 0.1) is 5.92 Å². The maximum atomic E-state index is 13.0. The minimum absolute atomic E-state index is 0.0637. The van der Waals surface area contributed by atoms with Crippen LogP contribution in [-0.2, 0) is 19.2 Å². The number of rotatable bonds is 13. The Morgan fingerprint density at radius 2 is 1.87 bits per heavy atom. The Kier molecular flexibility index (Phi) is 16.7. The zero-order chi connectivity index (χ0) is 28.3. The van der Waals surface area contributed by atoms with Crippen LogP contribution >= 0.6 is 0 Å². The second-order valence-electron chi connectivity index (χ2n) is 10.2. The summed E-state index contributed by atoms with van der Waals surface area (Å²) in [5.74, 6) is -1.58. The fourth-order valence-corrected chi connectivity index (χ4v) is 3.98. The zero-order valence-corrected chi connectivity index (χ0v) is 23.5. The maximum Gasteiger partial charge on any atom is 0.246 e. The van der Waals surface area contributed by atoms with Crippen LogP contribution in [0.1, 0.15) is 85.5 Å². The topological polar surface area (TPSA) is 137 Å². The van der Waals surface area contributed by atoms with Crippen molar-refractivity contribution in [3.8, 4) is 0 Å². The highest BCUT2D eigenvalue weighted by Gasteiger charge is 2.29. The Hall–Kier alpha value is -2.94. The molecule has 9 heteroatoms. The molecule has 0 unspecified atom stereocenters. The molecule has 0 radical (unpaired) electrons. The third kappa shape index (κ3) is 14.1. The van der Waals surface area contributed by atoms with Gasteiger partial charge in [0.25, 0.3) is 0 Å². The smallest absolute Gasteiger partial charge is 0.246 e. The molecule has 214 valence electrons. The molecule has 4 amide bonds. The van der Waals surface area contributed by atoms with Crippen LogP contribution in [0.2, 0.25) is 0 Å². The molecule has 5 N–H and O–H groups in total. The Balaban J connectivity index is 2.77. The highest BCUT2D eigenvalue weighted by atomic mass is 16.3. The van der Waals surface area contributed by atoms with E-state index in [1.165, 1.54) is 38.7 Å². The molecule has 0 aromatic rings. The van der Waals surface area contributed by atoms with E-state index in [1.54, 1.807) is 24.3 Å². The summed E-state index contributed by atoms with van der Waals surface area (Å²) in [6, 6.07) is -2.48. The number of amides is 4. The standard InChI is InChI=1S/C29H48N4O5/c1-5-6-7-8-9-10-11-12-13-17-26(36)33-27(22(4)34)29(38)32-24-16-14-15-20-30-25(35)19-18-23(21(2)3)31-28(24)37/h11-14,16-17,21-24,27,34H,5-10,15,18-20H2,1-4H3,(H,30,35)(H,31,37)(H,32,38)(H,33,36)/b12-11+,16-14+,17-13+/t22-,23-,24+,27+/m1/s1. The van der Waals surface area contributed by atoms with Crippen molar-refractivity contribution in [1.29, 1.82) is 0 Å². The Labute approximate surface area is 228 Å². The molecule has 1 aliphatic rings. The first-order valence-corrected chi connectivity index (χ1v) is 14.0. The lowest BCUT2D eigenvalue weighted by molar-refractivity contribution is -0.132. The fraction of sp³-hybridized carbons (Fsp3) is 0.655. The van der Waals surface area contributed by atoms with Crippen LogP contribution in [0.3, 0.4) is 0 Å². The summed E-state index contributed by atoms with van der Waals surface area (Å²) in [4.78, 5) is 50.4. The van der Waals surface area contributed by atoms with Gasteiger partial charge in [-0.15, -0.1) is 0 Å². The predicted octanol–water partition coefficient (Wildman–Crippen LogP) is 2.81. The Morgan fingerprint density at radius 3 is 2.55 bits per heavy atom. The van der Waals surface area contributed by atoms with Crippen molar-refractivity contribution in [3.05, 3.63) is 36.5 Å². The van der Waals surface area contributed by atoms with Gasteiger partial charge in [-0.25, -0.2) is 0 Å². The van der Waals surface area contributed by atoms with Crippen LogP contribution in [-0.4, -0.2) is 59.5 Å². The van der Waals surface area contributed by atoms with Crippen LogP contribution in [0.4, 0.5) is 0 Å². The van der Waals surface area contributed by atoms with Crippen LogP contribution in [0.25, 0.3) is 0 Å². The molecule has 0 aromatic heterocycles. The van der Waals surface area contributed by atoms with Crippen molar-refractivity contribution in [2.45, 2.75) is 110 Å². The van der Waals surface area contributed by atoms with E-state index in [9.17, 15) is 24.3 Å². The van der Waals surface area contributed by atoms with Gasteiger partial charge in [0.1, 0.15) is 12.1 Å².